The van der Waals surface area contributed by atoms with Crippen LogP contribution in [-0.2, 0) is 23.1 Å². The molecule has 0 aliphatic carbocycles. The van der Waals surface area contributed by atoms with E-state index in [0.29, 0.717) is 6.42 Å². The number of aromatic nitrogens is 2. The summed E-state index contributed by atoms with van der Waals surface area (Å²) in [6, 6.07) is 2.24. The molecule has 1 fully saturated rings. The molecule has 1 saturated heterocycles. The highest BCUT2D eigenvalue weighted by Crippen LogP contribution is 2.24. The summed E-state index contributed by atoms with van der Waals surface area (Å²) in [5.74, 6) is -1.76. The summed E-state index contributed by atoms with van der Waals surface area (Å²) in [6.07, 6.45) is 3.71. The van der Waals surface area contributed by atoms with E-state index in [1.807, 2.05) is 0 Å². The zero-order valence-corrected chi connectivity index (χ0v) is 13.6. The third-order valence-electron chi connectivity index (χ3n) is 4.28. The van der Waals surface area contributed by atoms with Gasteiger partial charge < -0.3 is 15.2 Å². The maximum Gasteiger partial charge on any atom is 0.224 e. The lowest BCUT2D eigenvalue weighted by Crippen LogP contribution is -2.51. The fourth-order valence-electron chi connectivity index (χ4n) is 3.01. The minimum Gasteiger partial charge on any atom is -0.351 e. The first-order valence-corrected chi connectivity index (χ1v) is 7.93. The van der Waals surface area contributed by atoms with Crippen molar-refractivity contribution in [2.45, 2.75) is 31.3 Å². The second-order valence-corrected chi connectivity index (χ2v) is 6.10. The Morgan fingerprint density at radius 3 is 2.96 bits per heavy atom. The van der Waals surface area contributed by atoms with Crippen LogP contribution in [0.2, 0.25) is 0 Å². The van der Waals surface area contributed by atoms with Crippen molar-refractivity contribution in [3.05, 3.63) is 53.6 Å². The van der Waals surface area contributed by atoms with E-state index in [4.69, 9.17) is 0 Å². The lowest BCUT2D eigenvalue weighted by atomic mass is 9.95. The first kappa shape index (κ1) is 17.1. The van der Waals surface area contributed by atoms with Gasteiger partial charge in [-0.25, -0.2) is 13.8 Å². The standard InChI is InChI=1S/C17H18F2N4O2/c1-23-9-20-8-14(23)17-13(4-5-15(24)22-17)21-16(25)7-10-6-11(18)2-3-12(10)19/h2-3,6,8-9,13,17H,4-5,7H2,1H3,(H,21,25)(H,22,24)/t13-,17-/m1/s1. The van der Waals surface area contributed by atoms with Crippen molar-refractivity contribution >= 4 is 11.8 Å². The molecule has 1 aromatic heterocycles. The Hall–Kier alpha value is -2.77. The minimum absolute atomic E-state index is 0.00516. The van der Waals surface area contributed by atoms with Crippen molar-refractivity contribution in [1.82, 2.24) is 20.2 Å². The minimum atomic E-state index is -0.628. The number of rotatable bonds is 4. The molecule has 1 aromatic carbocycles. The average Bonchev–Trinajstić information content (AvgIpc) is 2.98. The molecule has 132 valence electrons. The lowest BCUT2D eigenvalue weighted by Gasteiger charge is -2.33. The first-order chi connectivity index (χ1) is 11.9. The molecule has 0 spiro atoms. The number of aryl methyl sites for hydroxylation is 1. The number of halogens is 2. The van der Waals surface area contributed by atoms with Gasteiger partial charge in [-0.3, -0.25) is 9.59 Å². The van der Waals surface area contributed by atoms with E-state index in [2.05, 4.69) is 15.6 Å². The molecule has 1 aliphatic heterocycles. The predicted molar refractivity (Wildman–Crippen MR) is 85.3 cm³/mol. The van der Waals surface area contributed by atoms with Crippen LogP contribution in [0, 0.1) is 11.6 Å². The van der Waals surface area contributed by atoms with Gasteiger partial charge in [0.1, 0.15) is 11.6 Å². The van der Waals surface area contributed by atoms with Gasteiger partial charge in [-0.05, 0) is 24.6 Å². The molecule has 2 amide bonds. The number of carbonyl (C=O) groups is 2. The second kappa shape index (κ2) is 7.00. The quantitative estimate of drug-likeness (QED) is 0.876. The summed E-state index contributed by atoms with van der Waals surface area (Å²) in [4.78, 5) is 28.1. The van der Waals surface area contributed by atoms with Gasteiger partial charge >= 0.3 is 0 Å². The van der Waals surface area contributed by atoms with Crippen LogP contribution in [0.15, 0.2) is 30.7 Å². The van der Waals surface area contributed by atoms with Gasteiger partial charge in [-0.1, -0.05) is 0 Å². The number of nitrogens with zero attached hydrogens (tertiary/aromatic N) is 2. The van der Waals surface area contributed by atoms with E-state index in [1.54, 1.807) is 24.1 Å². The summed E-state index contributed by atoms with van der Waals surface area (Å²) < 4.78 is 28.7. The number of carbonyl (C=O) groups excluding carboxylic acids is 2. The van der Waals surface area contributed by atoms with E-state index in [-0.39, 0.29) is 30.4 Å². The number of piperidine rings is 1. The Kier molecular flexibility index (Phi) is 4.78. The third kappa shape index (κ3) is 3.84. The first-order valence-electron chi connectivity index (χ1n) is 7.93. The molecule has 0 unspecified atom stereocenters. The van der Waals surface area contributed by atoms with Gasteiger partial charge in [-0.2, -0.15) is 0 Å². The van der Waals surface area contributed by atoms with Crippen LogP contribution in [-0.4, -0.2) is 27.4 Å². The predicted octanol–water partition coefficient (Wildman–Crippen LogP) is 1.38. The summed E-state index contributed by atoms with van der Waals surface area (Å²) >= 11 is 0. The van der Waals surface area contributed by atoms with E-state index >= 15 is 0 Å². The van der Waals surface area contributed by atoms with Crippen LogP contribution in [0.1, 0.15) is 30.1 Å². The molecule has 3 rings (SSSR count). The van der Waals surface area contributed by atoms with Gasteiger partial charge in [-0.15, -0.1) is 0 Å². The number of nitrogens with one attached hydrogen (secondary N) is 2. The number of imidazole rings is 1. The number of hydrogen-bond acceptors (Lipinski definition) is 3. The van der Waals surface area contributed by atoms with Crippen LogP contribution in [0.3, 0.4) is 0 Å². The second-order valence-electron chi connectivity index (χ2n) is 6.10. The van der Waals surface area contributed by atoms with Gasteiger partial charge in [0.2, 0.25) is 11.8 Å². The lowest BCUT2D eigenvalue weighted by molar-refractivity contribution is -0.127. The SMILES string of the molecule is Cn1cncc1[C@@H]1NC(=O)CC[C@H]1NC(=O)Cc1cc(F)ccc1F. The number of amides is 2. The molecule has 2 atom stereocenters. The number of hydrogen-bond donors (Lipinski definition) is 2. The zero-order chi connectivity index (χ0) is 18.0. The average molecular weight is 348 g/mol. The van der Waals surface area contributed by atoms with Crippen molar-refractivity contribution in [3.63, 3.8) is 0 Å². The van der Waals surface area contributed by atoms with E-state index in [0.717, 1.165) is 23.9 Å². The molecule has 6 nitrogen and oxygen atoms in total. The molecule has 2 N–H and O–H groups in total. The van der Waals surface area contributed by atoms with Gasteiger partial charge in [0.15, 0.2) is 0 Å². The Morgan fingerprint density at radius 1 is 1.44 bits per heavy atom. The Labute approximate surface area is 143 Å². The van der Waals surface area contributed by atoms with Crippen LogP contribution < -0.4 is 10.6 Å². The summed E-state index contributed by atoms with van der Waals surface area (Å²) in [7, 11) is 1.80. The number of benzene rings is 1. The highest BCUT2D eigenvalue weighted by atomic mass is 19.1. The van der Waals surface area contributed by atoms with Crippen LogP contribution in [0.4, 0.5) is 8.78 Å². The zero-order valence-electron chi connectivity index (χ0n) is 13.6. The van der Waals surface area contributed by atoms with Crippen molar-refractivity contribution in [2.75, 3.05) is 0 Å². The van der Waals surface area contributed by atoms with Crippen molar-refractivity contribution < 1.29 is 18.4 Å². The van der Waals surface area contributed by atoms with E-state index in [1.165, 1.54) is 0 Å². The highest BCUT2D eigenvalue weighted by Gasteiger charge is 2.32. The molecule has 2 aromatic rings. The Morgan fingerprint density at radius 2 is 2.24 bits per heavy atom. The van der Waals surface area contributed by atoms with Crippen LogP contribution in [0.25, 0.3) is 0 Å². The largest absolute Gasteiger partial charge is 0.351 e. The summed E-state index contributed by atoms with van der Waals surface area (Å²) in [5, 5.41) is 5.67. The molecule has 0 saturated carbocycles. The summed E-state index contributed by atoms with van der Waals surface area (Å²) in [5.41, 5.74) is 0.754. The van der Waals surface area contributed by atoms with Crippen molar-refractivity contribution in [2.24, 2.45) is 7.05 Å². The smallest absolute Gasteiger partial charge is 0.224 e. The maximum atomic E-state index is 13.7. The molecule has 25 heavy (non-hydrogen) atoms. The van der Waals surface area contributed by atoms with Gasteiger partial charge in [0.05, 0.1) is 36.7 Å². The Bertz CT molecular complexity index is 806. The maximum absolute atomic E-state index is 13.7. The molecule has 0 radical (unpaired) electrons. The molecular weight excluding hydrogens is 330 g/mol. The monoisotopic (exact) mass is 348 g/mol. The third-order valence-corrected chi connectivity index (χ3v) is 4.28. The Balaban J connectivity index is 1.73. The molecular formula is C17H18F2N4O2. The molecule has 8 heteroatoms. The van der Waals surface area contributed by atoms with Gasteiger partial charge in [0, 0.05) is 19.0 Å². The fourth-order valence-corrected chi connectivity index (χ4v) is 3.01. The van der Waals surface area contributed by atoms with Crippen LogP contribution >= 0.6 is 0 Å². The molecule has 1 aliphatic rings. The fraction of sp³-hybridized carbons (Fsp3) is 0.353. The van der Waals surface area contributed by atoms with Crippen molar-refractivity contribution in [1.29, 1.82) is 0 Å². The molecule has 0 bridgehead atoms. The van der Waals surface area contributed by atoms with E-state index < -0.39 is 23.6 Å². The highest BCUT2D eigenvalue weighted by molar-refractivity contribution is 5.81. The van der Waals surface area contributed by atoms with E-state index in [9.17, 15) is 18.4 Å². The normalized spacial score (nSPS) is 20.2. The van der Waals surface area contributed by atoms with Crippen LogP contribution in [0.5, 0.6) is 0 Å². The van der Waals surface area contributed by atoms with Gasteiger partial charge in [0.25, 0.3) is 0 Å². The molecule has 2 heterocycles. The topological polar surface area (TPSA) is 76.0 Å². The summed E-state index contributed by atoms with van der Waals surface area (Å²) in [6.45, 7) is 0. The van der Waals surface area contributed by atoms with Crippen molar-refractivity contribution in [3.8, 4) is 0 Å².